The zero-order valence-electron chi connectivity index (χ0n) is 27.8. The third kappa shape index (κ3) is 33.5. The standard InChI is InChI=1S/C37H72O4/c1-3-5-7-9-11-13-15-17-19-20-22-24-26-28-30-32-37(39)41-35-36(34-38)40-33-31-29-27-25-23-21-18-16-14-12-10-8-6-4-2/h17,19,36,38H,3-16,18,20-35H2,1-2H3/b19-17-. The fourth-order valence-corrected chi connectivity index (χ4v) is 5.30. The monoisotopic (exact) mass is 581 g/mol. The van der Waals surface area contributed by atoms with E-state index in [1.165, 1.54) is 154 Å². The zero-order chi connectivity index (χ0) is 29.9. The van der Waals surface area contributed by atoms with E-state index in [1.54, 1.807) is 0 Å². The first-order valence-corrected chi connectivity index (χ1v) is 18.3. The summed E-state index contributed by atoms with van der Waals surface area (Å²) in [6.45, 7) is 5.25. The van der Waals surface area contributed by atoms with Crippen molar-refractivity contribution >= 4 is 5.97 Å². The van der Waals surface area contributed by atoms with Crippen LogP contribution >= 0.6 is 0 Å². The molecule has 244 valence electrons. The van der Waals surface area contributed by atoms with Gasteiger partial charge in [0, 0.05) is 13.0 Å². The molecule has 0 aliphatic heterocycles. The maximum Gasteiger partial charge on any atom is 0.305 e. The van der Waals surface area contributed by atoms with Gasteiger partial charge < -0.3 is 14.6 Å². The average molecular weight is 581 g/mol. The normalized spacial score (nSPS) is 12.4. The van der Waals surface area contributed by atoms with E-state index in [0.29, 0.717) is 13.0 Å². The summed E-state index contributed by atoms with van der Waals surface area (Å²) in [5.41, 5.74) is 0. The Morgan fingerprint density at radius 2 is 0.951 bits per heavy atom. The first kappa shape index (κ1) is 40.1. The molecule has 0 saturated carbocycles. The summed E-state index contributed by atoms with van der Waals surface area (Å²) < 4.78 is 11.1. The second kappa shape index (κ2) is 35.3. The quantitative estimate of drug-likeness (QED) is 0.0467. The molecule has 0 radical (unpaired) electrons. The molecule has 0 aromatic rings. The maximum absolute atomic E-state index is 12.0. The molecule has 4 heteroatoms. The van der Waals surface area contributed by atoms with Crippen LogP contribution in [-0.4, -0.2) is 37.0 Å². The minimum atomic E-state index is -0.393. The first-order valence-electron chi connectivity index (χ1n) is 18.3. The lowest BCUT2D eigenvalue weighted by Crippen LogP contribution is -2.26. The molecule has 41 heavy (non-hydrogen) atoms. The summed E-state index contributed by atoms with van der Waals surface area (Å²) in [6.07, 6.45) is 39.7. The van der Waals surface area contributed by atoms with Crippen molar-refractivity contribution in [1.82, 2.24) is 0 Å². The highest BCUT2D eigenvalue weighted by molar-refractivity contribution is 5.69. The van der Waals surface area contributed by atoms with Crippen molar-refractivity contribution in [3.63, 3.8) is 0 Å². The lowest BCUT2D eigenvalue weighted by atomic mass is 10.0. The lowest BCUT2D eigenvalue weighted by molar-refractivity contribution is -0.149. The summed E-state index contributed by atoms with van der Waals surface area (Å²) in [6, 6.07) is 0. The van der Waals surface area contributed by atoms with Crippen molar-refractivity contribution in [2.45, 2.75) is 200 Å². The Bertz CT molecular complexity index is 533. The number of hydrogen-bond donors (Lipinski definition) is 1. The van der Waals surface area contributed by atoms with Crippen molar-refractivity contribution in [2.24, 2.45) is 0 Å². The van der Waals surface area contributed by atoms with Gasteiger partial charge in [0.15, 0.2) is 0 Å². The molecule has 0 aromatic heterocycles. The Labute approximate surface area is 256 Å². The molecule has 1 N–H and O–H groups in total. The number of rotatable bonds is 34. The number of allylic oxidation sites excluding steroid dienone is 2. The van der Waals surface area contributed by atoms with Crippen molar-refractivity contribution in [3.05, 3.63) is 12.2 Å². The van der Waals surface area contributed by atoms with Crippen LogP contribution in [-0.2, 0) is 14.3 Å². The van der Waals surface area contributed by atoms with Crippen LogP contribution in [0.25, 0.3) is 0 Å². The average Bonchev–Trinajstić information content (AvgIpc) is 2.98. The molecule has 0 bridgehead atoms. The number of carbonyl (C=O) groups excluding carboxylic acids is 1. The molecule has 4 nitrogen and oxygen atoms in total. The molecule has 0 aliphatic rings. The van der Waals surface area contributed by atoms with Gasteiger partial charge in [0.2, 0.25) is 0 Å². The molecule has 0 saturated heterocycles. The second-order valence-corrected chi connectivity index (χ2v) is 12.3. The van der Waals surface area contributed by atoms with Crippen molar-refractivity contribution in [1.29, 1.82) is 0 Å². The van der Waals surface area contributed by atoms with E-state index in [-0.39, 0.29) is 19.2 Å². The summed E-state index contributed by atoms with van der Waals surface area (Å²) in [7, 11) is 0. The summed E-state index contributed by atoms with van der Waals surface area (Å²) in [5.74, 6) is -0.166. The van der Waals surface area contributed by atoms with Crippen LogP contribution in [0.15, 0.2) is 12.2 Å². The van der Waals surface area contributed by atoms with Crippen molar-refractivity contribution in [3.8, 4) is 0 Å². The number of aliphatic hydroxyl groups is 1. The number of hydrogen-bond acceptors (Lipinski definition) is 4. The summed E-state index contributed by atoms with van der Waals surface area (Å²) in [4.78, 5) is 12.0. The number of aliphatic hydroxyl groups excluding tert-OH is 1. The Morgan fingerprint density at radius 3 is 1.39 bits per heavy atom. The van der Waals surface area contributed by atoms with Gasteiger partial charge in [0.05, 0.1) is 6.61 Å². The molecule has 0 rings (SSSR count). The number of unbranched alkanes of at least 4 members (excludes halogenated alkanes) is 24. The molecule has 0 fully saturated rings. The number of ether oxygens (including phenoxy) is 2. The minimum absolute atomic E-state index is 0.0979. The van der Waals surface area contributed by atoms with E-state index in [0.717, 1.165) is 19.3 Å². The van der Waals surface area contributed by atoms with E-state index in [1.807, 2.05) is 0 Å². The van der Waals surface area contributed by atoms with Crippen LogP contribution in [0.5, 0.6) is 0 Å². The van der Waals surface area contributed by atoms with Gasteiger partial charge in [0.25, 0.3) is 0 Å². The van der Waals surface area contributed by atoms with E-state index < -0.39 is 6.10 Å². The molecular formula is C37H72O4. The highest BCUT2D eigenvalue weighted by Gasteiger charge is 2.11. The van der Waals surface area contributed by atoms with Crippen LogP contribution in [0.1, 0.15) is 194 Å². The van der Waals surface area contributed by atoms with Gasteiger partial charge in [-0.05, 0) is 38.5 Å². The first-order chi connectivity index (χ1) is 20.2. The lowest BCUT2D eigenvalue weighted by Gasteiger charge is -2.15. The predicted octanol–water partition coefficient (Wildman–Crippen LogP) is 11.4. The van der Waals surface area contributed by atoms with Crippen LogP contribution in [0.3, 0.4) is 0 Å². The van der Waals surface area contributed by atoms with Crippen molar-refractivity contribution < 1.29 is 19.4 Å². The molecule has 0 amide bonds. The van der Waals surface area contributed by atoms with Gasteiger partial charge >= 0.3 is 5.97 Å². The highest BCUT2D eigenvalue weighted by Crippen LogP contribution is 2.14. The smallest absolute Gasteiger partial charge is 0.305 e. The highest BCUT2D eigenvalue weighted by atomic mass is 16.6. The van der Waals surface area contributed by atoms with E-state index >= 15 is 0 Å². The van der Waals surface area contributed by atoms with Crippen LogP contribution in [0.2, 0.25) is 0 Å². The zero-order valence-corrected chi connectivity index (χ0v) is 27.8. The molecule has 0 spiro atoms. The van der Waals surface area contributed by atoms with Gasteiger partial charge in [0.1, 0.15) is 12.7 Å². The largest absolute Gasteiger partial charge is 0.463 e. The van der Waals surface area contributed by atoms with E-state index in [4.69, 9.17) is 9.47 Å². The Balaban J connectivity index is 3.42. The van der Waals surface area contributed by atoms with Gasteiger partial charge in [-0.2, -0.15) is 0 Å². The maximum atomic E-state index is 12.0. The van der Waals surface area contributed by atoms with Crippen LogP contribution in [0.4, 0.5) is 0 Å². The molecule has 0 heterocycles. The molecule has 1 unspecified atom stereocenters. The van der Waals surface area contributed by atoms with Crippen LogP contribution < -0.4 is 0 Å². The molecule has 1 atom stereocenters. The fraction of sp³-hybridized carbons (Fsp3) is 0.919. The van der Waals surface area contributed by atoms with E-state index in [9.17, 15) is 9.90 Å². The third-order valence-electron chi connectivity index (χ3n) is 8.13. The van der Waals surface area contributed by atoms with Gasteiger partial charge in [-0.15, -0.1) is 0 Å². The van der Waals surface area contributed by atoms with Crippen molar-refractivity contribution in [2.75, 3.05) is 19.8 Å². The van der Waals surface area contributed by atoms with Gasteiger partial charge in [-0.1, -0.05) is 161 Å². The fourth-order valence-electron chi connectivity index (χ4n) is 5.30. The third-order valence-corrected chi connectivity index (χ3v) is 8.13. The van der Waals surface area contributed by atoms with E-state index in [2.05, 4.69) is 26.0 Å². The van der Waals surface area contributed by atoms with Crippen LogP contribution in [0, 0.1) is 0 Å². The molecule has 0 aromatic carbocycles. The Kier molecular flexibility index (Phi) is 34.6. The SMILES string of the molecule is CCCCCCCC/C=C\CCCCCCCC(=O)OCC(CO)OCCCCCCCCCCCCCCCC. The Morgan fingerprint density at radius 1 is 0.561 bits per heavy atom. The topological polar surface area (TPSA) is 55.8 Å². The van der Waals surface area contributed by atoms with Gasteiger partial charge in [-0.25, -0.2) is 0 Å². The Hall–Kier alpha value is -0.870. The predicted molar refractivity (Wildman–Crippen MR) is 178 cm³/mol. The summed E-state index contributed by atoms with van der Waals surface area (Å²) >= 11 is 0. The molecule has 0 aliphatic carbocycles. The second-order valence-electron chi connectivity index (χ2n) is 12.3. The van der Waals surface area contributed by atoms with Gasteiger partial charge in [-0.3, -0.25) is 4.79 Å². The minimum Gasteiger partial charge on any atom is -0.463 e. The molecular weight excluding hydrogens is 508 g/mol. The number of carbonyl (C=O) groups is 1. The number of esters is 1. The summed E-state index contributed by atoms with van der Waals surface area (Å²) in [5, 5.41) is 9.55.